The minimum atomic E-state index is 0.190. The van der Waals surface area contributed by atoms with Crippen LogP contribution in [0.1, 0.15) is 0 Å². The topological polar surface area (TPSA) is 57.8 Å². The molecule has 0 aromatic heterocycles. The second-order valence-electron chi connectivity index (χ2n) is 0.902. The molecule has 0 bridgehead atoms. The average molecular weight is 85.1 g/mol. The summed E-state index contributed by atoms with van der Waals surface area (Å²) in [7, 11) is 0. The molecule has 0 amide bonds. The van der Waals surface area contributed by atoms with Gasteiger partial charge in [-0.1, -0.05) is 5.11 Å². The predicted molar refractivity (Wildman–Crippen MR) is 18.5 cm³/mol. The second-order valence-corrected chi connectivity index (χ2v) is 0.902. The largest absolute Gasteiger partial charge is 0.371 e. The summed E-state index contributed by atoms with van der Waals surface area (Å²) >= 11 is 0. The van der Waals surface area contributed by atoms with Crippen molar-refractivity contribution < 1.29 is 4.84 Å². The van der Waals surface area contributed by atoms with Gasteiger partial charge in [-0.25, -0.2) is 0 Å². The Bertz CT molecular complexity index is 97.0. The van der Waals surface area contributed by atoms with Gasteiger partial charge in [-0.15, -0.1) is 0 Å². The van der Waals surface area contributed by atoms with Gasteiger partial charge in [-0.2, -0.15) is 0 Å². The summed E-state index contributed by atoms with van der Waals surface area (Å²) in [5.74, 6) is 0.190. The van der Waals surface area contributed by atoms with Gasteiger partial charge in [-0.3, -0.25) is 5.41 Å². The Labute approximate surface area is 34.3 Å². The molecule has 6 heavy (non-hydrogen) atoms. The summed E-state index contributed by atoms with van der Waals surface area (Å²) in [4.78, 5) is 4.29. The molecule has 0 aliphatic carbocycles. The molecule has 0 fully saturated rings. The first-order valence-corrected chi connectivity index (χ1v) is 1.50. The van der Waals surface area contributed by atoms with Crippen LogP contribution in [0.5, 0.6) is 0 Å². The Hall–Kier alpha value is -0.930. The fourth-order valence-electron chi connectivity index (χ4n) is 0.197. The van der Waals surface area contributed by atoms with Crippen LogP contribution in [0, 0.1) is 5.41 Å². The third-order valence-corrected chi connectivity index (χ3v) is 0.421. The SMILES string of the molecule is N=C1CON=N1. The van der Waals surface area contributed by atoms with Crippen molar-refractivity contribution in [3.05, 3.63) is 0 Å². The molecular weight excluding hydrogens is 82.0 g/mol. The van der Waals surface area contributed by atoms with E-state index in [-0.39, 0.29) is 12.4 Å². The van der Waals surface area contributed by atoms with Gasteiger partial charge in [0.05, 0.1) is 0 Å². The summed E-state index contributed by atoms with van der Waals surface area (Å²) in [5.41, 5.74) is 0. The summed E-state index contributed by atoms with van der Waals surface area (Å²) in [6.07, 6.45) is 0. The standard InChI is InChI=1S/C2H3N3O/c3-2-1-6-5-4-2/h3H,1H2. The molecular formula is C2H3N3O. The van der Waals surface area contributed by atoms with Crippen molar-refractivity contribution in [2.75, 3.05) is 6.61 Å². The van der Waals surface area contributed by atoms with Crippen LogP contribution in [0.4, 0.5) is 0 Å². The molecule has 0 aromatic carbocycles. The maximum absolute atomic E-state index is 6.66. The fourth-order valence-corrected chi connectivity index (χ4v) is 0.197. The van der Waals surface area contributed by atoms with Crippen molar-refractivity contribution in [2.45, 2.75) is 0 Å². The van der Waals surface area contributed by atoms with E-state index in [9.17, 15) is 0 Å². The van der Waals surface area contributed by atoms with Gasteiger partial charge in [0.15, 0.2) is 12.4 Å². The zero-order valence-corrected chi connectivity index (χ0v) is 3.01. The summed E-state index contributed by atoms with van der Waals surface area (Å²) in [6.45, 7) is 0.236. The zero-order chi connectivity index (χ0) is 4.41. The maximum atomic E-state index is 6.66. The number of rotatable bonds is 0. The van der Waals surface area contributed by atoms with E-state index in [0.29, 0.717) is 0 Å². The smallest absolute Gasteiger partial charge is 0.187 e. The predicted octanol–water partition coefficient (Wildman–Crippen LogP) is 0.361. The van der Waals surface area contributed by atoms with E-state index in [4.69, 9.17) is 5.41 Å². The minimum absolute atomic E-state index is 0.190. The highest BCUT2D eigenvalue weighted by Gasteiger charge is 1.98. The van der Waals surface area contributed by atoms with Gasteiger partial charge >= 0.3 is 0 Å². The van der Waals surface area contributed by atoms with Crippen molar-refractivity contribution in [3.8, 4) is 0 Å². The van der Waals surface area contributed by atoms with E-state index < -0.39 is 0 Å². The first kappa shape index (κ1) is 3.27. The van der Waals surface area contributed by atoms with E-state index in [1.54, 1.807) is 0 Å². The van der Waals surface area contributed by atoms with Crippen molar-refractivity contribution in [1.82, 2.24) is 0 Å². The Morgan fingerprint density at radius 1 is 1.83 bits per heavy atom. The molecule has 1 aliphatic heterocycles. The quantitative estimate of drug-likeness (QED) is 0.453. The second kappa shape index (κ2) is 1.04. The molecule has 0 aromatic rings. The average Bonchev–Trinajstić information content (AvgIpc) is 1.86. The number of hydrogen-bond donors (Lipinski definition) is 1. The summed E-state index contributed by atoms with van der Waals surface area (Å²) in [5, 5.41) is 13.0. The van der Waals surface area contributed by atoms with Crippen LogP contribution in [0.15, 0.2) is 10.4 Å². The summed E-state index contributed by atoms with van der Waals surface area (Å²) < 4.78 is 0. The van der Waals surface area contributed by atoms with Crippen molar-refractivity contribution >= 4 is 5.84 Å². The van der Waals surface area contributed by atoms with Crippen LogP contribution in [0.3, 0.4) is 0 Å². The Balaban J connectivity index is 2.59. The lowest BCUT2D eigenvalue weighted by Gasteiger charge is -1.74. The molecule has 4 nitrogen and oxygen atoms in total. The number of hydrogen-bond acceptors (Lipinski definition) is 3. The first-order chi connectivity index (χ1) is 2.89. The normalized spacial score (nSPS) is 18.3. The molecule has 4 heteroatoms. The van der Waals surface area contributed by atoms with Gasteiger partial charge in [0.1, 0.15) is 0 Å². The summed E-state index contributed by atoms with van der Waals surface area (Å²) in [6, 6.07) is 0. The van der Waals surface area contributed by atoms with Crippen molar-refractivity contribution in [1.29, 1.82) is 5.41 Å². The van der Waals surface area contributed by atoms with Crippen LogP contribution in [-0.2, 0) is 4.84 Å². The van der Waals surface area contributed by atoms with Gasteiger partial charge in [0, 0.05) is 5.28 Å². The van der Waals surface area contributed by atoms with Crippen LogP contribution in [0.25, 0.3) is 0 Å². The molecule has 0 saturated carbocycles. The first-order valence-electron chi connectivity index (χ1n) is 1.50. The monoisotopic (exact) mass is 85.0 g/mol. The highest BCUT2D eigenvalue weighted by Crippen LogP contribution is 1.91. The third-order valence-electron chi connectivity index (χ3n) is 0.421. The van der Waals surface area contributed by atoms with Crippen LogP contribution in [-0.4, -0.2) is 12.4 Å². The molecule has 0 radical (unpaired) electrons. The van der Waals surface area contributed by atoms with Crippen LogP contribution >= 0.6 is 0 Å². The van der Waals surface area contributed by atoms with E-state index in [1.807, 2.05) is 0 Å². The van der Waals surface area contributed by atoms with E-state index in [2.05, 4.69) is 15.2 Å². The Morgan fingerprint density at radius 3 is 2.83 bits per heavy atom. The van der Waals surface area contributed by atoms with Crippen molar-refractivity contribution in [2.24, 2.45) is 10.4 Å². The third kappa shape index (κ3) is 0.357. The molecule has 1 heterocycles. The molecule has 0 saturated heterocycles. The minimum Gasteiger partial charge on any atom is -0.371 e. The van der Waals surface area contributed by atoms with Crippen LogP contribution in [0.2, 0.25) is 0 Å². The lowest BCUT2D eigenvalue weighted by molar-refractivity contribution is 0.186. The van der Waals surface area contributed by atoms with E-state index >= 15 is 0 Å². The molecule has 1 aliphatic rings. The molecule has 1 N–H and O–H groups in total. The Morgan fingerprint density at radius 2 is 2.67 bits per heavy atom. The number of nitrogens with one attached hydrogen (secondary N) is 1. The van der Waals surface area contributed by atoms with Gasteiger partial charge in [-0.05, 0) is 0 Å². The molecule has 1 rings (SSSR count). The number of nitrogens with zero attached hydrogens (tertiary/aromatic N) is 2. The molecule has 0 atom stereocenters. The molecule has 0 spiro atoms. The van der Waals surface area contributed by atoms with Crippen molar-refractivity contribution in [3.63, 3.8) is 0 Å². The van der Waals surface area contributed by atoms with E-state index in [1.165, 1.54) is 0 Å². The van der Waals surface area contributed by atoms with Gasteiger partial charge < -0.3 is 4.84 Å². The van der Waals surface area contributed by atoms with E-state index in [0.717, 1.165) is 0 Å². The van der Waals surface area contributed by atoms with Gasteiger partial charge in [0.25, 0.3) is 0 Å². The maximum Gasteiger partial charge on any atom is 0.187 e. The highest BCUT2D eigenvalue weighted by molar-refractivity contribution is 5.81. The molecule has 32 valence electrons. The van der Waals surface area contributed by atoms with Crippen LogP contribution < -0.4 is 0 Å². The fraction of sp³-hybridized carbons (Fsp3) is 0.500. The van der Waals surface area contributed by atoms with Gasteiger partial charge in [0.2, 0.25) is 0 Å². The zero-order valence-electron chi connectivity index (χ0n) is 3.01. The lowest BCUT2D eigenvalue weighted by Crippen LogP contribution is -1.90. The molecule has 0 unspecified atom stereocenters. The number of amidine groups is 1. The Kier molecular flexibility index (Phi) is 0.567. The highest BCUT2D eigenvalue weighted by atomic mass is 16.7. The lowest BCUT2D eigenvalue weighted by atomic mass is 10.7.